The highest BCUT2D eigenvalue weighted by atomic mass is 32.2. The number of aliphatic carboxylic acids is 1. The number of carbonyl (C=O) groups excluding carboxylic acids is 2. The molecule has 7 heteroatoms. The van der Waals surface area contributed by atoms with Gasteiger partial charge in [-0.25, -0.2) is 4.79 Å². The lowest BCUT2D eigenvalue weighted by molar-refractivity contribution is -0.165. The summed E-state index contributed by atoms with van der Waals surface area (Å²) in [6.07, 6.45) is 0. The Bertz CT molecular complexity index is 731. The van der Waals surface area contributed by atoms with Crippen molar-refractivity contribution >= 4 is 29.5 Å². The highest BCUT2D eigenvalue weighted by molar-refractivity contribution is 8.01. The van der Waals surface area contributed by atoms with Gasteiger partial charge in [0.1, 0.15) is 17.0 Å². The molecule has 128 valence electrons. The Labute approximate surface area is 144 Å². The van der Waals surface area contributed by atoms with E-state index >= 15 is 0 Å². The standard InChI is InChI=1S/C17H20N2O4S/c1-9-5-7-10(8-6-9)12(20)18-17(4)14(23)19-11(13(21)22)16(2,3)24-15(17)19/h5-8,11,15H,1-4H3,(H,18,20)(H,21,22)/t11-,15+,17-/m0/s1. The maximum atomic E-state index is 12.6. The maximum absolute atomic E-state index is 12.6. The average molecular weight is 348 g/mol. The van der Waals surface area contributed by atoms with Gasteiger partial charge in [0.2, 0.25) is 0 Å². The first-order valence-corrected chi connectivity index (χ1v) is 8.58. The number of nitrogens with zero attached hydrogens (tertiary/aromatic N) is 1. The molecule has 0 unspecified atom stereocenters. The quantitative estimate of drug-likeness (QED) is 0.811. The third-order valence-corrected chi connectivity index (χ3v) is 6.45. The van der Waals surface area contributed by atoms with E-state index in [1.54, 1.807) is 19.1 Å². The number of hydrogen-bond acceptors (Lipinski definition) is 4. The van der Waals surface area contributed by atoms with E-state index < -0.39 is 22.3 Å². The lowest BCUT2D eigenvalue weighted by Crippen LogP contribution is -2.78. The van der Waals surface area contributed by atoms with Crippen molar-refractivity contribution in [3.05, 3.63) is 35.4 Å². The minimum atomic E-state index is -1.09. The first-order chi connectivity index (χ1) is 11.1. The largest absolute Gasteiger partial charge is 0.480 e. The van der Waals surface area contributed by atoms with E-state index in [0.29, 0.717) is 5.56 Å². The molecule has 0 saturated carbocycles. The monoisotopic (exact) mass is 348 g/mol. The molecular formula is C17H20N2O4S. The number of nitrogens with one attached hydrogen (secondary N) is 1. The topological polar surface area (TPSA) is 86.7 Å². The maximum Gasteiger partial charge on any atom is 0.327 e. The number of carbonyl (C=O) groups is 3. The number of carboxylic acid groups (broad SMARTS) is 1. The van der Waals surface area contributed by atoms with Gasteiger partial charge in [-0.3, -0.25) is 9.59 Å². The fourth-order valence-electron chi connectivity index (χ4n) is 3.35. The highest BCUT2D eigenvalue weighted by Crippen LogP contribution is 2.54. The van der Waals surface area contributed by atoms with Crippen molar-refractivity contribution in [2.45, 2.75) is 49.4 Å². The van der Waals surface area contributed by atoms with Crippen LogP contribution in [0.25, 0.3) is 0 Å². The van der Waals surface area contributed by atoms with Gasteiger partial charge in [0.25, 0.3) is 11.8 Å². The molecule has 2 aliphatic heterocycles. The van der Waals surface area contributed by atoms with Gasteiger partial charge in [-0.1, -0.05) is 17.7 Å². The molecule has 0 aromatic heterocycles. The molecule has 6 nitrogen and oxygen atoms in total. The number of amides is 2. The van der Waals surface area contributed by atoms with Crippen LogP contribution in [0.2, 0.25) is 0 Å². The molecule has 2 saturated heterocycles. The molecule has 0 bridgehead atoms. The number of β-lactam (4-membered cyclic amide) rings is 1. The van der Waals surface area contributed by atoms with Crippen molar-refractivity contribution < 1.29 is 19.5 Å². The molecule has 3 atom stereocenters. The van der Waals surface area contributed by atoms with E-state index in [4.69, 9.17) is 0 Å². The van der Waals surface area contributed by atoms with Crippen LogP contribution in [0.15, 0.2) is 24.3 Å². The number of hydrogen-bond donors (Lipinski definition) is 2. The molecule has 2 heterocycles. The minimum Gasteiger partial charge on any atom is -0.480 e. The second kappa shape index (κ2) is 5.24. The fraction of sp³-hybridized carbons (Fsp3) is 0.471. The van der Waals surface area contributed by atoms with Crippen LogP contribution >= 0.6 is 11.8 Å². The zero-order valence-electron chi connectivity index (χ0n) is 14.0. The summed E-state index contributed by atoms with van der Waals surface area (Å²) in [5, 5.41) is 11.9. The van der Waals surface area contributed by atoms with Crippen molar-refractivity contribution in [3.63, 3.8) is 0 Å². The van der Waals surface area contributed by atoms with E-state index in [1.165, 1.54) is 16.7 Å². The molecule has 24 heavy (non-hydrogen) atoms. The normalized spacial score (nSPS) is 30.5. The van der Waals surface area contributed by atoms with Crippen molar-refractivity contribution in [2.24, 2.45) is 0 Å². The fourth-order valence-corrected chi connectivity index (χ4v) is 5.00. The first-order valence-electron chi connectivity index (χ1n) is 7.70. The van der Waals surface area contributed by atoms with E-state index in [0.717, 1.165) is 5.56 Å². The zero-order valence-corrected chi connectivity index (χ0v) is 14.8. The number of benzene rings is 1. The van der Waals surface area contributed by atoms with Crippen molar-refractivity contribution in [2.75, 3.05) is 0 Å². The lowest BCUT2D eigenvalue weighted by Gasteiger charge is -2.51. The van der Waals surface area contributed by atoms with Gasteiger partial charge in [0, 0.05) is 10.3 Å². The summed E-state index contributed by atoms with van der Waals surface area (Å²) in [6, 6.07) is 6.20. The molecule has 2 aliphatic rings. The van der Waals surface area contributed by atoms with Crippen LogP contribution in [0.5, 0.6) is 0 Å². The molecule has 0 aliphatic carbocycles. The second-order valence-corrected chi connectivity index (χ2v) is 8.78. The number of aryl methyl sites for hydroxylation is 1. The Morgan fingerprint density at radius 2 is 1.79 bits per heavy atom. The Kier molecular flexibility index (Phi) is 3.67. The molecule has 0 radical (unpaired) electrons. The first kappa shape index (κ1) is 16.8. The molecule has 0 spiro atoms. The van der Waals surface area contributed by atoms with E-state index in [1.807, 2.05) is 32.9 Å². The second-order valence-electron chi connectivity index (χ2n) is 7.05. The molecule has 2 amide bonds. The van der Waals surface area contributed by atoms with Crippen LogP contribution in [0.1, 0.15) is 36.7 Å². The smallest absolute Gasteiger partial charge is 0.327 e. The van der Waals surface area contributed by atoms with Crippen LogP contribution in [-0.2, 0) is 9.59 Å². The number of rotatable bonds is 3. The summed E-state index contributed by atoms with van der Waals surface area (Å²) in [5.74, 6) is -1.70. The summed E-state index contributed by atoms with van der Waals surface area (Å²) in [5.41, 5.74) is 0.430. The Balaban J connectivity index is 1.83. The van der Waals surface area contributed by atoms with Crippen molar-refractivity contribution in [1.29, 1.82) is 0 Å². The van der Waals surface area contributed by atoms with Gasteiger partial charge in [0.15, 0.2) is 0 Å². The van der Waals surface area contributed by atoms with Crippen molar-refractivity contribution in [3.8, 4) is 0 Å². The molecule has 1 aromatic rings. The summed E-state index contributed by atoms with van der Waals surface area (Å²) < 4.78 is -0.613. The molecule has 3 rings (SSSR count). The van der Waals surface area contributed by atoms with Crippen LogP contribution in [-0.4, -0.2) is 49.5 Å². The summed E-state index contributed by atoms with van der Waals surface area (Å²) in [6.45, 7) is 7.21. The third kappa shape index (κ3) is 2.30. The molecule has 1 aromatic carbocycles. The number of carboxylic acids is 1. The van der Waals surface area contributed by atoms with E-state index in [2.05, 4.69) is 5.32 Å². The van der Waals surface area contributed by atoms with Gasteiger partial charge in [-0.05, 0) is 39.8 Å². The predicted octanol–water partition coefficient (Wildman–Crippen LogP) is 1.63. The molecule has 2 N–H and O–H groups in total. The third-order valence-electron chi connectivity index (χ3n) is 4.70. The predicted molar refractivity (Wildman–Crippen MR) is 90.8 cm³/mol. The highest BCUT2D eigenvalue weighted by Gasteiger charge is 2.70. The minimum absolute atomic E-state index is 0.331. The van der Waals surface area contributed by atoms with Gasteiger partial charge in [-0.15, -0.1) is 11.8 Å². The Morgan fingerprint density at radius 1 is 1.21 bits per heavy atom. The van der Waals surface area contributed by atoms with Crippen LogP contribution < -0.4 is 5.32 Å². The van der Waals surface area contributed by atoms with Gasteiger partial charge in [0.05, 0.1) is 0 Å². The Hall–Kier alpha value is -2.02. The van der Waals surface area contributed by atoms with Crippen LogP contribution in [0, 0.1) is 6.92 Å². The number of fused-ring (bicyclic) bond motifs is 1. The molecular weight excluding hydrogens is 328 g/mol. The van der Waals surface area contributed by atoms with E-state index in [-0.39, 0.29) is 17.2 Å². The number of thioether (sulfide) groups is 1. The van der Waals surface area contributed by atoms with Crippen molar-refractivity contribution in [1.82, 2.24) is 10.2 Å². The SMILES string of the molecule is Cc1ccc(C(=O)N[C@@]2(C)C(=O)N3[C@@H](C(=O)O)C(C)(C)S[C@@H]32)cc1. The average Bonchev–Trinajstić information content (AvgIpc) is 2.77. The van der Waals surface area contributed by atoms with E-state index in [9.17, 15) is 19.5 Å². The van der Waals surface area contributed by atoms with Crippen LogP contribution in [0.4, 0.5) is 0 Å². The summed E-state index contributed by atoms with van der Waals surface area (Å²) in [4.78, 5) is 38.0. The summed E-state index contributed by atoms with van der Waals surface area (Å²) in [7, 11) is 0. The summed E-state index contributed by atoms with van der Waals surface area (Å²) >= 11 is 1.41. The van der Waals surface area contributed by atoms with Gasteiger partial charge in [-0.2, -0.15) is 0 Å². The zero-order chi connectivity index (χ0) is 17.9. The van der Waals surface area contributed by atoms with Gasteiger partial charge >= 0.3 is 5.97 Å². The molecule has 2 fully saturated rings. The Morgan fingerprint density at radius 3 is 2.33 bits per heavy atom. The lowest BCUT2D eigenvalue weighted by atomic mass is 9.86. The van der Waals surface area contributed by atoms with Crippen LogP contribution in [0.3, 0.4) is 0 Å². The van der Waals surface area contributed by atoms with Gasteiger partial charge < -0.3 is 15.3 Å².